The van der Waals surface area contributed by atoms with Gasteiger partial charge < -0.3 is 14.6 Å². The molecule has 0 amide bonds. The van der Waals surface area contributed by atoms with Gasteiger partial charge in [0.05, 0.1) is 19.3 Å². The van der Waals surface area contributed by atoms with Gasteiger partial charge in [-0.2, -0.15) is 0 Å². The number of nitrogens with zero attached hydrogens (tertiary/aromatic N) is 1. The van der Waals surface area contributed by atoms with Crippen LogP contribution >= 0.6 is 0 Å². The highest BCUT2D eigenvalue weighted by Gasteiger charge is 2.27. The van der Waals surface area contributed by atoms with Crippen molar-refractivity contribution >= 4 is 5.97 Å². The number of phenols is 1. The summed E-state index contributed by atoms with van der Waals surface area (Å²) in [6.07, 6.45) is 3.88. The van der Waals surface area contributed by atoms with Crippen LogP contribution in [-0.4, -0.2) is 29.8 Å². The third-order valence-corrected chi connectivity index (χ3v) is 4.25. The number of fused-ring (bicyclic) bond motifs is 1. The summed E-state index contributed by atoms with van der Waals surface area (Å²) >= 11 is 0. The number of phenolic OH excluding ortho intramolecular Hbond substituents is 1. The molecule has 24 heavy (non-hydrogen) atoms. The number of aromatic nitrogens is 1. The van der Waals surface area contributed by atoms with Crippen LogP contribution in [0.15, 0.2) is 24.3 Å². The predicted molar refractivity (Wildman–Crippen MR) is 90.5 cm³/mol. The minimum Gasteiger partial charge on any atom is -0.508 e. The summed E-state index contributed by atoms with van der Waals surface area (Å²) in [4.78, 5) is 16.9. The molecule has 5 heteroatoms. The first-order chi connectivity index (χ1) is 11.7. The van der Waals surface area contributed by atoms with Crippen LogP contribution in [-0.2, 0) is 17.6 Å². The molecular weight excluding hydrogens is 306 g/mol. The second kappa shape index (κ2) is 6.91. The molecule has 1 aliphatic rings. The number of ether oxygens (including phenoxy) is 2. The number of methoxy groups -OCH3 is 1. The van der Waals surface area contributed by atoms with Crippen LogP contribution in [0.25, 0.3) is 11.1 Å². The van der Waals surface area contributed by atoms with Gasteiger partial charge >= 0.3 is 5.97 Å². The molecule has 0 unspecified atom stereocenters. The van der Waals surface area contributed by atoms with Gasteiger partial charge in [-0.25, -0.2) is 9.78 Å². The fraction of sp³-hybridized carbons (Fsp3) is 0.368. The molecule has 0 saturated carbocycles. The minimum absolute atomic E-state index is 0.169. The second-order valence-electron chi connectivity index (χ2n) is 5.77. The highest BCUT2D eigenvalue weighted by atomic mass is 16.5. The van der Waals surface area contributed by atoms with Crippen molar-refractivity contribution < 1.29 is 19.4 Å². The van der Waals surface area contributed by atoms with Crippen LogP contribution < -0.4 is 4.74 Å². The van der Waals surface area contributed by atoms with E-state index in [0.717, 1.165) is 42.5 Å². The maximum atomic E-state index is 12.3. The normalized spacial score (nSPS) is 13.2. The molecule has 0 atom stereocenters. The van der Waals surface area contributed by atoms with E-state index < -0.39 is 5.97 Å². The Morgan fingerprint density at radius 1 is 1.21 bits per heavy atom. The van der Waals surface area contributed by atoms with Crippen LogP contribution in [0.2, 0.25) is 0 Å². The molecule has 0 saturated heterocycles. The highest BCUT2D eigenvalue weighted by Crippen LogP contribution is 2.40. The fourth-order valence-corrected chi connectivity index (χ4v) is 3.15. The van der Waals surface area contributed by atoms with Crippen LogP contribution in [0, 0.1) is 0 Å². The Morgan fingerprint density at radius 2 is 1.92 bits per heavy atom. The van der Waals surface area contributed by atoms with Crippen LogP contribution in [0.4, 0.5) is 0 Å². The van der Waals surface area contributed by atoms with Gasteiger partial charge in [-0.1, -0.05) is 12.1 Å². The van der Waals surface area contributed by atoms with Crippen molar-refractivity contribution in [1.82, 2.24) is 4.98 Å². The number of hydrogen-bond acceptors (Lipinski definition) is 5. The van der Waals surface area contributed by atoms with Crippen molar-refractivity contribution in [2.45, 2.75) is 32.6 Å². The molecule has 0 aliphatic heterocycles. The number of carbonyl (C=O) groups excluding carboxylic acids is 1. The molecule has 1 aromatic heterocycles. The van der Waals surface area contributed by atoms with E-state index in [1.54, 1.807) is 24.3 Å². The Balaban J connectivity index is 2.29. The molecule has 0 fully saturated rings. The fourth-order valence-electron chi connectivity index (χ4n) is 3.15. The first-order valence-corrected chi connectivity index (χ1v) is 8.22. The molecule has 2 aromatic rings. The first kappa shape index (κ1) is 16.3. The lowest BCUT2D eigenvalue weighted by atomic mass is 9.90. The molecule has 0 radical (unpaired) electrons. The Morgan fingerprint density at radius 3 is 2.58 bits per heavy atom. The number of carbonyl (C=O) groups is 1. The van der Waals surface area contributed by atoms with E-state index in [4.69, 9.17) is 9.47 Å². The summed E-state index contributed by atoms with van der Waals surface area (Å²) in [6.45, 7) is 2.43. The van der Waals surface area contributed by atoms with Gasteiger partial charge in [0.1, 0.15) is 11.5 Å². The van der Waals surface area contributed by atoms with Crippen molar-refractivity contribution in [3.8, 4) is 22.6 Å². The van der Waals surface area contributed by atoms with Crippen molar-refractivity contribution in [3.05, 3.63) is 41.2 Å². The zero-order valence-corrected chi connectivity index (χ0v) is 14.0. The lowest BCUT2D eigenvalue weighted by Gasteiger charge is -2.23. The zero-order chi connectivity index (χ0) is 17.1. The lowest BCUT2D eigenvalue weighted by Crippen LogP contribution is -2.16. The van der Waals surface area contributed by atoms with E-state index in [0.29, 0.717) is 17.9 Å². The molecule has 0 bridgehead atoms. The summed E-state index contributed by atoms with van der Waals surface area (Å²) in [6, 6.07) is 6.70. The standard InChI is InChI=1S/C19H21NO4/c1-3-24-18-14-6-4-5-7-15(14)20-17(19(22)23-2)16(18)12-8-10-13(21)11-9-12/h8-11,21H,3-7H2,1-2H3. The molecule has 1 aliphatic carbocycles. The van der Waals surface area contributed by atoms with Crippen LogP contribution in [0.1, 0.15) is 41.5 Å². The number of aryl methyl sites for hydroxylation is 1. The smallest absolute Gasteiger partial charge is 0.357 e. The van der Waals surface area contributed by atoms with E-state index in [1.165, 1.54) is 7.11 Å². The monoisotopic (exact) mass is 327 g/mol. The highest BCUT2D eigenvalue weighted by molar-refractivity contribution is 5.97. The van der Waals surface area contributed by atoms with Crippen LogP contribution in [0.5, 0.6) is 11.5 Å². The average Bonchev–Trinajstić information content (AvgIpc) is 2.62. The van der Waals surface area contributed by atoms with Crippen molar-refractivity contribution in [2.75, 3.05) is 13.7 Å². The van der Waals surface area contributed by atoms with Gasteiger partial charge in [0.2, 0.25) is 0 Å². The Kier molecular flexibility index (Phi) is 4.69. The maximum absolute atomic E-state index is 12.3. The summed E-state index contributed by atoms with van der Waals surface area (Å²) < 4.78 is 10.9. The van der Waals surface area contributed by atoms with Crippen molar-refractivity contribution in [1.29, 1.82) is 0 Å². The average molecular weight is 327 g/mol. The Hall–Kier alpha value is -2.56. The van der Waals surface area contributed by atoms with Crippen LogP contribution in [0.3, 0.4) is 0 Å². The van der Waals surface area contributed by atoms with E-state index in [-0.39, 0.29) is 11.4 Å². The van der Waals surface area contributed by atoms with Gasteiger partial charge in [0.15, 0.2) is 5.69 Å². The third kappa shape index (κ3) is 2.94. The number of hydrogen-bond donors (Lipinski definition) is 1. The topological polar surface area (TPSA) is 68.7 Å². The summed E-state index contributed by atoms with van der Waals surface area (Å²) in [5, 5.41) is 9.55. The number of aromatic hydroxyl groups is 1. The lowest BCUT2D eigenvalue weighted by molar-refractivity contribution is 0.0594. The Bertz CT molecular complexity index is 753. The first-order valence-electron chi connectivity index (χ1n) is 8.22. The van der Waals surface area contributed by atoms with E-state index in [9.17, 15) is 9.90 Å². The molecule has 1 heterocycles. The largest absolute Gasteiger partial charge is 0.508 e. The summed E-state index contributed by atoms with van der Waals surface area (Å²) in [5.41, 5.74) is 3.70. The number of esters is 1. The van der Waals surface area contributed by atoms with Gasteiger partial charge in [0, 0.05) is 11.3 Å². The van der Waals surface area contributed by atoms with Gasteiger partial charge in [-0.05, 0) is 50.3 Å². The van der Waals surface area contributed by atoms with E-state index in [2.05, 4.69) is 4.98 Å². The van der Waals surface area contributed by atoms with Gasteiger partial charge in [0.25, 0.3) is 0 Å². The molecule has 0 spiro atoms. The second-order valence-corrected chi connectivity index (χ2v) is 5.77. The number of pyridine rings is 1. The van der Waals surface area contributed by atoms with Crippen molar-refractivity contribution in [2.24, 2.45) is 0 Å². The van der Waals surface area contributed by atoms with E-state index >= 15 is 0 Å². The molecule has 126 valence electrons. The van der Waals surface area contributed by atoms with Gasteiger partial charge in [-0.15, -0.1) is 0 Å². The van der Waals surface area contributed by atoms with E-state index in [1.807, 2.05) is 6.92 Å². The number of benzene rings is 1. The van der Waals surface area contributed by atoms with Crippen molar-refractivity contribution in [3.63, 3.8) is 0 Å². The molecule has 3 rings (SSSR count). The molecular formula is C19H21NO4. The predicted octanol–water partition coefficient (Wildman–Crippen LogP) is 3.52. The maximum Gasteiger partial charge on any atom is 0.357 e. The third-order valence-electron chi connectivity index (χ3n) is 4.25. The summed E-state index contributed by atoms with van der Waals surface area (Å²) in [7, 11) is 1.35. The molecule has 5 nitrogen and oxygen atoms in total. The summed E-state index contributed by atoms with van der Waals surface area (Å²) in [5.74, 6) is 0.405. The van der Waals surface area contributed by atoms with Gasteiger partial charge in [-0.3, -0.25) is 0 Å². The number of rotatable bonds is 4. The molecule has 1 N–H and O–H groups in total. The Labute approximate surface area is 141 Å². The zero-order valence-electron chi connectivity index (χ0n) is 14.0. The SMILES string of the molecule is CCOc1c2c(nc(C(=O)OC)c1-c1ccc(O)cc1)CCCC2. The molecule has 1 aromatic carbocycles. The minimum atomic E-state index is -0.479. The quantitative estimate of drug-likeness (QED) is 0.870.